The van der Waals surface area contributed by atoms with Crippen molar-refractivity contribution in [3.8, 4) is 11.4 Å². The summed E-state index contributed by atoms with van der Waals surface area (Å²) in [6.07, 6.45) is 3.33. The molecule has 0 amide bonds. The number of H-pyrrole nitrogens is 1. The minimum absolute atomic E-state index is 0.0216. The van der Waals surface area contributed by atoms with Crippen LogP contribution in [0.2, 0.25) is 0 Å². The average molecular weight is 448 g/mol. The van der Waals surface area contributed by atoms with Crippen LogP contribution in [-0.4, -0.2) is 33.2 Å². The van der Waals surface area contributed by atoms with Crippen LogP contribution in [0.3, 0.4) is 0 Å². The summed E-state index contributed by atoms with van der Waals surface area (Å²) in [6, 6.07) is 16.0. The molecule has 1 aliphatic carbocycles. The van der Waals surface area contributed by atoms with E-state index in [4.69, 9.17) is 23.2 Å². The van der Waals surface area contributed by atoms with Gasteiger partial charge in [-0.3, -0.25) is 4.72 Å². The summed E-state index contributed by atoms with van der Waals surface area (Å²) < 4.78 is 27.1. The number of hydrogen-bond acceptors (Lipinski definition) is 5. The Balaban J connectivity index is 1.64. The first-order chi connectivity index (χ1) is 13.9. The lowest BCUT2D eigenvalue weighted by molar-refractivity contribution is 0.587. The van der Waals surface area contributed by atoms with E-state index in [-0.39, 0.29) is 11.5 Å². The van der Waals surface area contributed by atoms with E-state index in [0.717, 1.165) is 11.1 Å². The molecule has 7 nitrogen and oxygen atoms in total. The predicted molar refractivity (Wildman–Crippen MR) is 114 cm³/mol. The van der Waals surface area contributed by atoms with Gasteiger partial charge in [0.1, 0.15) is 0 Å². The number of aromatic amines is 1. The first-order valence-corrected chi connectivity index (χ1v) is 10.8. The number of hydrogen-bond donors (Lipinski definition) is 2. The molecule has 3 aromatic rings. The van der Waals surface area contributed by atoms with Gasteiger partial charge in [0.25, 0.3) is 10.0 Å². The number of anilines is 1. The maximum Gasteiger partial charge on any atom is 0.258 e. The SMILES string of the molecule is O=S(=O)(Nc1cccc(-c2nn[nH]n2)c1)C1(Cl)CC(c2ccccc2)=CC=C1Cl. The summed E-state index contributed by atoms with van der Waals surface area (Å²) in [4.78, 5) is 0. The topological polar surface area (TPSA) is 101 Å². The fourth-order valence-corrected chi connectivity index (χ4v) is 5.03. The van der Waals surface area contributed by atoms with E-state index >= 15 is 0 Å². The van der Waals surface area contributed by atoms with E-state index in [1.165, 1.54) is 6.08 Å². The van der Waals surface area contributed by atoms with Crippen molar-refractivity contribution in [2.24, 2.45) is 0 Å². The van der Waals surface area contributed by atoms with E-state index in [1.807, 2.05) is 30.3 Å². The Morgan fingerprint density at radius 3 is 2.52 bits per heavy atom. The molecule has 1 aliphatic rings. The minimum atomic E-state index is -4.10. The van der Waals surface area contributed by atoms with Crippen molar-refractivity contribution in [3.63, 3.8) is 0 Å². The average Bonchev–Trinajstić information content (AvgIpc) is 3.25. The number of nitrogens with one attached hydrogen (secondary N) is 2. The maximum atomic E-state index is 13.2. The number of benzene rings is 2. The van der Waals surface area contributed by atoms with Crippen LogP contribution >= 0.6 is 23.2 Å². The number of alkyl halides is 1. The van der Waals surface area contributed by atoms with Crippen LogP contribution in [0.5, 0.6) is 0 Å². The molecule has 4 rings (SSSR count). The number of sulfonamides is 1. The van der Waals surface area contributed by atoms with E-state index in [0.29, 0.717) is 17.1 Å². The van der Waals surface area contributed by atoms with Gasteiger partial charge < -0.3 is 0 Å². The van der Waals surface area contributed by atoms with Crippen molar-refractivity contribution in [1.29, 1.82) is 0 Å². The molecule has 29 heavy (non-hydrogen) atoms. The van der Waals surface area contributed by atoms with E-state index < -0.39 is 14.2 Å². The molecule has 0 bridgehead atoms. The Bertz CT molecular complexity index is 1190. The number of allylic oxidation sites excluding steroid dienone is 3. The molecule has 1 aromatic heterocycles. The molecule has 0 saturated carbocycles. The summed E-state index contributed by atoms with van der Waals surface area (Å²) >= 11 is 12.9. The molecular formula is C19H15Cl2N5O2S. The van der Waals surface area contributed by atoms with Crippen LogP contribution in [-0.2, 0) is 10.0 Å². The molecule has 10 heteroatoms. The molecule has 0 spiro atoms. The van der Waals surface area contributed by atoms with E-state index in [2.05, 4.69) is 25.3 Å². The predicted octanol–water partition coefficient (Wildman–Crippen LogP) is 4.15. The summed E-state index contributed by atoms with van der Waals surface area (Å²) in [5.74, 6) is 0.344. The van der Waals surface area contributed by atoms with Crippen molar-refractivity contribution in [3.05, 3.63) is 77.3 Å². The van der Waals surface area contributed by atoms with Crippen molar-refractivity contribution in [1.82, 2.24) is 20.6 Å². The first-order valence-electron chi connectivity index (χ1n) is 8.56. The van der Waals surface area contributed by atoms with Crippen molar-refractivity contribution >= 4 is 44.5 Å². The van der Waals surface area contributed by atoms with Gasteiger partial charge in [-0.1, -0.05) is 71.7 Å². The fourth-order valence-electron chi connectivity index (χ4n) is 3.00. The van der Waals surface area contributed by atoms with Crippen LogP contribution < -0.4 is 4.72 Å². The number of halogens is 2. The normalized spacial score (nSPS) is 19.4. The molecule has 1 atom stereocenters. The number of rotatable bonds is 5. The third-order valence-corrected chi connectivity index (χ3v) is 7.82. The number of nitrogens with zero attached hydrogens (tertiary/aromatic N) is 3. The lowest BCUT2D eigenvalue weighted by Gasteiger charge is -2.30. The quantitative estimate of drug-likeness (QED) is 0.571. The lowest BCUT2D eigenvalue weighted by Crippen LogP contribution is -2.39. The maximum absolute atomic E-state index is 13.2. The highest BCUT2D eigenvalue weighted by Crippen LogP contribution is 2.45. The Morgan fingerprint density at radius 1 is 1.03 bits per heavy atom. The van der Waals surface area contributed by atoms with E-state index in [1.54, 1.807) is 30.3 Å². The molecule has 1 unspecified atom stereocenters. The smallest absolute Gasteiger partial charge is 0.258 e. The van der Waals surface area contributed by atoms with Crippen LogP contribution in [0.25, 0.3) is 17.0 Å². The van der Waals surface area contributed by atoms with Crippen molar-refractivity contribution < 1.29 is 8.42 Å². The molecule has 2 N–H and O–H groups in total. The Labute approximate surface area is 177 Å². The minimum Gasteiger partial charge on any atom is -0.282 e. The number of aromatic nitrogens is 4. The summed E-state index contributed by atoms with van der Waals surface area (Å²) in [7, 11) is -4.10. The van der Waals surface area contributed by atoms with Gasteiger partial charge in [0.15, 0.2) is 0 Å². The summed E-state index contributed by atoms with van der Waals surface area (Å²) in [5.41, 5.74) is 2.56. The van der Waals surface area contributed by atoms with Gasteiger partial charge in [0, 0.05) is 17.7 Å². The highest BCUT2D eigenvalue weighted by molar-refractivity contribution is 7.95. The first kappa shape index (κ1) is 19.6. The zero-order valence-corrected chi connectivity index (χ0v) is 17.2. The molecule has 2 aromatic carbocycles. The Morgan fingerprint density at radius 2 is 1.79 bits per heavy atom. The standard InChI is InChI=1S/C19H15Cl2N5O2S/c20-17-10-9-15(13-5-2-1-3-6-13)12-19(17,21)29(27,28)24-16-8-4-7-14(11-16)18-22-25-26-23-18/h1-11,24H,12H2,(H,22,23,25,26). The van der Waals surface area contributed by atoms with Crippen molar-refractivity contribution in [2.45, 2.75) is 10.6 Å². The molecule has 0 aliphatic heterocycles. The highest BCUT2D eigenvalue weighted by Gasteiger charge is 2.47. The zero-order chi connectivity index (χ0) is 20.5. The van der Waals surface area contributed by atoms with Gasteiger partial charge in [-0.15, -0.1) is 10.2 Å². The van der Waals surface area contributed by atoms with Gasteiger partial charge in [-0.05, 0) is 34.6 Å². The third-order valence-electron chi connectivity index (χ3n) is 4.49. The van der Waals surface area contributed by atoms with Crippen LogP contribution in [0.1, 0.15) is 12.0 Å². The molecule has 0 fully saturated rings. The van der Waals surface area contributed by atoms with Crippen LogP contribution in [0, 0.1) is 0 Å². The van der Waals surface area contributed by atoms with Gasteiger partial charge in [0.2, 0.25) is 10.0 Å². The monoisotopic (exact) mass is 447 g/mol. The summed E-state index contributed by atoms with van der Waals surface area (Å²) in [5, 5.41) is 13.7. The van der Waals surface area contributed by atoms with Crippen LogP contribution in [0.15, 0.2) is 71.8 Å². The second kappa shape index (κ2) is 7.62. The molecule has 0 radical (unpaired) electrons. The molecule has 148 valence electrons. The van der Waals surface area contributed by atoms with Gasteiger partial charge in [-0.25, -0.2) is 8.42 Å². The van der Waals surface area contributed by atoms with Gasteiger partial charge in [0.05, 0.1) is 5.03 Å². The van der Waals surface area contributed by atoms with Gasteiger partial charge in [-0.2, -0.15) is 5.21 Å². The molecule has 0 saturated heterocycles. The Kier molecular flexibility index (Phi) is 5.16. The van der Waals surface area contributed by atoms with Crippen molar-refractivity contribution in [2.75, 3.05) is 4.72 Å². The Hall–Kier alpha value is -2.68. The molecular weight excluding hydrogens is 433 g/mol. The lowest BCUT2D eigenvalue weighted by atomic mass is 9.97. The zero-order valence-electron chi connectivity index (χ0n) is 14.9. The third kappa shape index (κ3) is 3.78. The highest BCUT2D eigenvalue weighted by atomic mass is 35.5. The van der Waals surface area contributed by atoms with Crippen LogP contribution in [0.4, 0.5) is 5.69 Å². The van der Waals surface area contributed by atoms with Gasteiger partial charge >= 0.3 is 0 Å². The second-order valence-corrected chi connectivity index (χ2v) is 9.58. The van der Waals surface area contributed by atoms with E-state index in [9.17, 15) is 8.42 Å². The fraction of sp³-hybridized carbons (Fsp3) is 0.105. The second-order valence-electron chi connectivity index (χ2n) is 6.40. The molecule has 1 heterocycles. The number of tetrazole rings is 1. The largest absolute Gasteiger partial charge is 0.282 e. The summed E-state index contributed by atoms with van der Waals surface area (Å²) in [6.45, 7) is 0.